The Bertz CT molecular complexity index is 480. The summed E-state index contributed by atoms with van der Waals surface area (Å²) in [5.41, 5.74) is -0.564. The van der Waals surface area contributed by atoms with Gasteiger partial charge in [-0.2, -0.15) is 13.2 Å². The molecule has 0 unspecified atom stereocenters. The van der Waals surface area contributed by atoms with Crippen molar-refractivity contribution < 1.29 is 22.4 Å². The van der Waals surface area contributed by atoms with Gasteiger partial charge in [0.1, 0.15) is 12.4 Å². The van der Waals surface area contributed by atoms with Crippen LogP contribution in [0.3, 0.4) is 0 Å². The molecule has 2 rings (SSSR count). The van der Waals surface area contributed by atoms with E-state index in [1.165, 1.54) is 18.2 Å². The Balaban J connectivity index is 2.16. The van der Waals surface area contributed by atoms with Crippen LogP contribution < -0.4 is 5.32 Å². The Morgan fingerprint density at radius 3 is 2.47 bits per heavy atom. The molecule has 0 aromatic heterocycles. The fourth-order valence-electron chi connectivity index (χ4n) is 2.31. The summed E-state index contributed by atoms with van der Waals surface area (Å²) in [7, 11) is 0. The van der Waals surface area contributed by atoms with Crippen LogP contribution >= 0.6 is 0 Å². The molecule has 0 heterocycles. The highest BCUT2D eigenvalue weighted by Gasteiger charge is 2.46. The van der Waals surface area contributed by atoms with E-state index in [1.54, 1.807) is 6.07 Å². The minimum Gasteiger partial charge on any atom is -0.346 e. The summed E-state index contributed by atoms with van der Waals surface area (Å²) in [6, 6.07) is 5.49. The summed E-state index contributed by atoms with van der Waals surface area (Å²) >= 11 is 0. The van der Waals surface area contributed by atoms with Gasteiger partial charge in [0.05, 0.1) is 5.41 Å². The van der Waals surface area contributed by atoms with E-state index >= 15 is 0 Å². The lowest BCUT2D eigenvalue weighted by atomic mass is 9.64. The molecule has 1 saturated carbocycles. The Hall–Kier alpha value is -1.59. The fourth-order valence-corrected chi connectivity index (χ4v) is 2.31. The van der Waals surface area contributed by atoms with E-state index in [1.807, 2.05) is 5.32 Å². The number of hydrogen-bond acceptors (Lipinski definition) is 1. The van der Waals surface area contributed by atoms with Crippen molar-refractivity contribution >= 4 is 5.91 Å². The monoisotopic (exact) mass is 275 g/mol. The maximum Gasteiger partial charge on any atom is 0.405 e. The molecule has 1 fully saturated rings. The van der Waals surface area contributed by atoms with Crippen LogP contribution in [0.1, 0.15) is 24.8 Å². The van der Waals surface area contributed by atoms with E-state index in [0.29, 0.717) is 18.4 Å². The van der Waals surface area contributed by atoms with Crippen LogP contribution in [0.2, 0.25) is 0 Å². The van der Waals surface area contributed by atoms with Crippen LogP contribution in [0, 0.1) is 5.82 Å². The standard InChI is InChI=1S/C13H13F4NO/c14-10-4-1-3-9(7-10)12(5-2-6-12)11(19)18-8-13(15,16)17/h1,3-4,7H,2,5-6,8H2,(H,18,19). The topological polar surface area (TPSA) is 29.1 Å². The van der Waals surface area contributed by atoms with Crippen LogP contribution in [-0.4, -0.2) is 18.6 Å². The normalized spacial score (nSPS) is 17.7. The van der Waals surface area contributed by atoms with E-state index in [-0.39, 0.29) is 0 Å². The highest BCUT2D eigenvalue weighted by atomic mass is 19.4. The molecule has 104 valence electrons. The molecular weight excluding hydrogens is 262 g/mol. The molecule has 6 heteroatoms. The summed E-state index contributed by atoms with van der Waals surface area (Å²) in [4.78, 5) is 12.0. The molecule has 1 N–H and O–H groups in total. The van der Waals surface area contributed by atoms with Crippen molar-refractivity contribution in [1.29, 1.82) is 0 Å². The van der Waals surface area contributed by atoms with Crippen LogP contribution in [0.5, 0.6) is 0 Å². The number of amides is 1. The molecule has 0 saturated heterocycles. The molecule has 19 heavy (non-hydrogen) atoms. The lowest BCUT2D eigenvalue weighted by Gasteiger charge is -2.40. The van der Waals surface area contributed by atoms with Gasteiger partial charge in [0, 0.05) is 0 Å². The smallest absolute Gasteiger partial charge is 0.346 e. The first-order valence-corrected chi connectivity index (χ1v) is 5.95. The first-order chi connectivity index (χ1) is 8.83. The molecule has 1 amide bonds. The van der Waals surface area contributed by atoms with Gasteiger partial charge in [-0.05, 0) is 30.5 Å². The first-order valence-electron chi connectivity index (χ1n) is 5.95. The number of halogens is 4. The van der Waals surface area contributed by atoms with E-state index < -0.39 is 29.9 Å². The SMILES string of the molecule is O=C(NCC(F)(F)F)C1(c2cccc(F)c2)CCC1. The minimum absolute atomic E-state index is 0.443. The molecule has 0 bridgehead atoms. The predicted molar refractivity (Wildman–Crippen MR) is 61.0 cm³/mol. The lowest BCUT2D eigenvalue weighted by molar-refractivity contribution is -0.144. The van der Waals surface area contributed by atoms with Crippen LogP contribution in [0.15, 0.2) is 24.3 Å². The second-order valence-corrected chi connectivity index (χ2v) is 4.74. The molecule has 1 aromatic rings. The molecule has 1 aromatic carbocycles. The van der Waals surface area contributed by atoms with Gasteiger partial charge in [-0.1, -0.05) is 18.6 Å². The second kappa shape index (κ2) is 4.83. The van der Waals surface area contributed by atoms with Crippen LogP contribution in [0.25, 0.3) is 0 Å². The van der Waals surface area contributed by atoms with Crippen molar-refractivity contribution in [3.05, 3.63) is 35.6 Å². The highest BCUT2D eigenvalue weighted by Crippen LogP contribution is 2.44. The van der Waals surface area contributed by atoms with Crippen molar-refractivity contribution in [2.75, 3.05) is 6.54 Å². The van der Waals surface area contributed by atoms with E-state index in [9.17, 15) is 22.4 Å². The van der Waals surface area contributed by atoms with E-state index in [2.05, 4.69) is 0 Å². The number of rotatable bonds is 3. The van der Waals surface area contributed by atoms with Crippen molar-refractivity contribution in [3.8, 4) is 0 Å². The molecule has 2 nitrogen and oxygen atoms in total. The third kappa shape index (κ3) is 2.88. The Morgan fingerprint density at radius 1 is 1.32 bits per heavy atom. The third-order valence-corrected chi connectivity index (χ3v) is 3.47. The molecule has 0 atom stereocenters. The summed E-state index contributed by atoms with van der Waals surface area (Å²) in [6.07, 6.45) is -2.81. The first kappa shape index (κ1) is 13.8. The number of nitrogens with one attached hydrogen (secondary N) is 1. The average molecular weight is 275 g/mol. The zero-order chi connectivity index (χ0) is 14.1. The Morgan fingerprint density at radius 2 is 2.00 bits per heavy atom. The van der Waals surface area contributed by atoms with Gasteiger partial charge in [0.2, 0.25) is 5.91 Å². The Kier molecular flexibility index (Phi) is 3.52. The van der Waals surface area contributed by atoms with Crippen molar-refractivity contribution in [3.63, 3.8) is 0 Å². The van der Waals surface area contributed by atoms with Crippen molar-refractivity contribution in [1.82, 2.24) is 5.32 Å². The lowest BCUT2D eigenvalue weighted by Crippen LogP contribution is -2.51. The van der Waals surface area contributed by atoms with Gasteiger partial charge in [0.25, 0.3) is 0 Å². The number of carbonyl (C=O) groups excluding carboxylic acids is 1. The van der Waals surface area contributed by atoms with Gasteiger partial charge < -0.3 is 5.32 Å². The molecule has 0 spiro atoms. The number of carbonyl (C=O) groups is 1. The third-order valence-electron chi connectivity index (χ3n) is 3.47. The minimum atomic E-state index is -4.44. The molecule has 1 aliphatic rings. The fraction of sp³-hybridized carbons (Fsp3) is 0.462. The van der Waals surface area contributed by atoms with Gasteiger partial charge in [-0.3, -0.25) is 4.79 Å². The van der Waals surface area contributed by atoms with Gasteiger partial charge >= 0.3 is 6.18 Å². The highest BCUT2D eigenvalue weighted by molar-refractivity contribution is 5.89. The Labute approximate surface area is 107 Å². The average Bonchev–Trinajstić information content (AvgIpc) is 2.24. The summed E-state index contributed by atoms with van der Waals surface area (Å²) < 4.78 is 49.5. The summed E-state index contributed by atoms with van der Waals surface area (Å²) in [5, 5.41) is 1.90. The maximum absolute atomic E-state index is 13.2. The second-order valence-electron chi connectivity index (χ2n) is 4.74. The number of alkyl halides is 3. The molecule has 1 aliphatic carbocycles. The molecule has 0 radical (unpaired) electrons. The summed E-state index contributed by atoms with van der Waals surface area (Å²) in [5.74, 6) is -1.17. The largest absolute Gasteiger partial charge is 0.405 e. The van der Waals surface area contributed by atoms with E-state index in [0.717, 1.165) is 6.42 Å². The maximum atomic E-state index is 13.2. The van der Waals surface area contributed by atoms with Crippen molar-refractivity contribution in [2.24, 2.45) is 0 Å². The predicted octanol–water partition coefficient (Wildman–Crippen LogP) is 2.93. The van der Waals surface area contributed by atoms with Gasteiger partial charge in [-0.25, -0.2) is 4.39 Å². The van der Waals surface area contributed by atoms with Crippen LogP contribution in [-0.2, 0) is 10.2 Å². The van der Waals surface area contributed by atoms with Gasteiger partial charge in [0.15, 0.2) is 0 Å². The quantitative estimate of drug-likeness (QED) is 0.844. The zero-order valence-electron chi connectivity index (χ0n) is 10.1. The summed E-state index contributed by atoms with van der Waals surface area (Å²) in [6.45, 7) is -1.36. The molecular formula is C13H13F4NO. The van der Waals surface area contributed by atoms with Crippen LogP contribution in [0.4, 0.5) is 17.6 Å². The van der Waals surface area contributed by atoms with Crippen molar-refractivity contribution in [2.45, 2.75) is 30.9 Å². The molecule has 0 aliphatic heterocycles. The van der Waals surface area contributed by atoms with Gasteiger partial charge in [-0.15, -0.1) is 0 Å². The zero-order valence-corrected chi connectivity index (χ0v) is 10.1. The number of benzene rings is 1. The number of hydrogen-bond donors (Lipinski definition) is 1. The van der Waals surface area contributed by atoms with E-state index in [4.69, 9.17) is 0 Å².